The second-order valence-electron chi connectivity index (χ2n) is 6.29. The van der Waals surface area contributed by atoms with E-state index in [-0.39, 0.29) is 0 Å². The van der Waals surface area contributed by atoms with Gasteiger partial charge in [-0.3, -0.25) is 9.88 Å². The van der Waals surface area contributed by atoms with Gasteiger partial charge in [-0.05, 0) is 25.0 Å². The molecule has 1 aliphatic carbocycles. The maximum atomic E-state index is 6.14. The molecule has 1 saturated heterocycles. The van der Waals surface area contributed by atoms with Gasteiger partial charge < -0.3 is 9.30 Å². The van der Waals surface area contributed by atoms with Crippen molar-refractivity contribution in [3.8, 4) is 0 Å². The summed E-state index contributed by atoms with van der Waals surface area (Å²) in [6.07, 6.45) is 10.5. The van der Waals surface area contributed by atoms with Gasteiger partial charge in [-0.1, -0.05) is 6.07 Å². The second kappa shape index (κ2) is 6.18. The summed E-state index contributed by atoms with van der Waals surface area (Å²) in [5, 5.41) is 0. The van der Waals surface area contributed by atoms with Crippen LogP contribution in [-0.2, 0) is 17.8 Å². The minimum atomic E-state index is 0.347. The van der Waals surface area contributed by atoms with Gasteiger partial charge in [-0.2, -0.15) is 0 Å². The smallest absolute Gasteiger partial charge is 0.0946 e. The highest BCUT2D eigenvalue weighted by Crippen LogP contribution is 2.36. The van der Waals surface area contributed by atoms with Gasteiger partial charge in [0.05, 0.1) is 24.7 Å². The van der Waals surface area contributed by atoms with E-state index < -0.39 is 0 Å². The van der Waals surface area contributed by atoms with Crippen LogP contribution in [0.25, 0.3) is 0 Å². The summed E-state index contributed by atoms with van der Waals surface area (Å²) >= 11 is 0. The normalized spacial score (nSPS) is 28.6. The summed E-state index contributed by atoms with van der Waals surface area (Å²) in [6.45, 7) is 3.78. The molecular formula is C17H22N4O. The van der Waals surface area contributed by atoms with Crippen molar-refractivity contribution in [2.45, 2.75) is 38.1 Å². The lowest BCUT2D eigenvalue weighted by Crippen LogP contribution is -2.50. The van der Waals surface area contributed by atoms with Crippen LogP contribution in [0.4, 0.5) is 0 Å². The summed E-state index contributed by atoms with van der Waals surface area (Å²) in [6, 6.07) is 6.69. The summed E-state index contributed by atoms with van der Waals surface area (Å²) < 4.78 is 8.31. The highest BCUT2D eigenvalue weighted by atomic mass is 16.5. The van der Waals surface area contributed by atoms with Crippen molar-refractivity contribution in [1.29, 1.82) is 0 Å². The maximum absolute atomic E-state index is 6.14. The van der Waals surface area contributed by atoms with Gasteiger partial charge >= 0.3 is 0 Å². The number of ether oxygens (including phenoxy) is 1. The van der Waals surface area contributed by atoms with E-state index in [4.69, 9.17) is 4.74 Å². The van der Waals surface area contributed by atoms with Crippen molar-refractivity contribution in [3.05, 3.63) is 48.8 Å². The molecule has 22 heavy (non-hydrogen) atoms. The number of rotatable bonds is 4. The minimum Gasteiger partial charge on any atom is -0.375 e. The summed E-state index contributed by atoms with van der Waals surface area (Å²) in [4.78, 5) is 11.2. The number of imidazole rings is 1. The predicted octanol–water partition coefficient (Wildman–Crippen LogP) is 1.96. The number of hydrogen-bond donors (Lipinski definition) is 0. The fraction of sp³-hybridized carbons (Fsp3) is 0.529. The first-order chi connectivity index (χ1) is 10.9. The first kappa shape index (κ1) is 13.9. The molecule has 116 valence electrons. The Morgan fingerprint density at radius 3 is 3.05 bits per heavy atom. The maximum Gasteiger partial charge on any atom is 0.0946 e. The first-order valence-electron chi connectivity index (χ1n) is 8.11. The molecule has 0 aromatic carbocycles. The van der Waals surface area contributed by atoms with Crippen LogP contribution >= 0.6 is 0 Å². The Morgan fingerprint density at radius 2 is 2.23 bits per heavy atom. The molecule has 4 rings (SSSR count). The first-order valence-corrected chi connectivity index (χ1v) is 8.11. The average Bonchev–Trinajstić information content (AvgIpc) is 3.20. The SMILES string of the molecule is c1ccc(CN2CCOC3C(Cn4ccnc4)CCC32)nc1. The molecule has 3 heterocycles. The highest BCUT2D eigenvalue weighted by Gasteiger charge is 2.42. The van der Waals surface area contributed by atoms with E-state index >= 15 is 0 Å². The van der Waals surface area contributed by atoms with Crippen LogP contribution in [0.3, 0.4) is 0 Å². The molecule has 0 radical (unpaired) electrons. The van der Waals surface area contributed by atoms with E-state index in [1.807, 2.05) is 31.0 Å². The topological polar surface area (TPSA) is 43.2 Å². The Morgan fingerprint density at radius 1 is 1.23 bits per heavy atom. The molecule has 0 N–H and O–H groups in total. The van der Waals surface area contributed by atoms with Gasteiger partial charge in [0.25, 0.3) is 0 Å². The second-order valence-corrected chi connectivity index (χ2v) is 6.29. The molecule has 5 heteroatoms. The lowest BCUT2D eigenvalue weighted by molar-refractivity contribution is -0.0789. The monoisotopic (exact) mass is 298 g/mol. The number of hydrogen-bond acceptors (Lipinski definition) is 4. The van der Waals surface area contributed by atoms with Crippen molar-refractivity contribution in [2.75, 3.05) is 13.2 Å². The van der Waals surface area contributed by atoms with E-state index in [9.17, 15) is 0 Å². The number of pyridine rings is 1. The number of aromatic nitrogens is 3. The van der Waals surface area contributed by atoms with Crippen LogP contribution in [-0.4, -0.2) is 44.7 Å². The van der Waals surface area contributed by atoms with E-state index in [2.05, 4.69) is 31.6 Å². The van der Waals surface area contributed by atoms with Gasteiger partial charge in [0.2, 0.25) is 0 Å². The molecule has 5 nitrogen and oxygen atoms in total. The Kier molecular flexibility index (Phi) is 3.91. The third kappa shape index (κ3) is 2.78. The zero-order chi connectivity index (χ0) is 14.8. The van der Waals surface area contributed by atoms with Crippen LogP contribution in [0.5, 0.6) is 0 Å². The molecule has 0 spiro atoms. The molecule has 0 amide bonds. The molecule has 2 aromatic heterocycles. The zero-order valence-electron chi connectivity index (χ0n) is 12.7. The van der Waals surface area contributed by atoms with E-state index in [1.54, 1.807) is 0 Å². The van der Waals surface area contributed by atoms with E-state index in [1.165, 1.54) is 12.8 Å². The molecule has 2 aromatic rings. The van der Waals surface area contributed by atoms with Gasteiger partial charge in [0.1, 0.15) is 0 Å². The van der Waals surface area contributed by atoms with Gasteiger partial charge in [0.15, 0.2) is 0 Å². The quantitative estimate of drug-likeness (QED) is 0.865. The highest BCUT2D eigenvalue weighted by molar-refractivity contribution is 5.05. The molecule has 2 aliphatic rings. The Labute approximate surface area is 130 Å². The molecule has 2 fully saturated rings. The Bertz CT molecular complexity index is 586. The van der Waals surface area contributed by atoms with Crippen LogP contribution in [0, 0.1) is 5.92 Å². The third-order valence-electron chi connectivity index (χ3n) is 4.93. The van der Waals surface area contributed by atoms with Crippen molar-refractivity contribution < 1.29 is 4.74 Å². The lowest BCUT2D eigenvalue weighted by Gasteiger charge is -2.39. The van der Waals surface area contributed by atoms with Crippen LogP contribution < -0.4 is 0 Å². The van der Waals surface area contributed by atoms with Crippen LogP contribution in [0.2, 0.25) is 0 Å². The van der Waals surface area contributed by atoms with Crippen LogP contribution in [0.1, 0.15) is 18.5 Å². The fourth-order valence-corrected chi connectivity index (χ4v) is 3.89. The van der Waals surface area contributed by atoms with Gasteiger partial charge in [0, 0.05) is 50.2 Å². The van der Waals surface area contributed by atoms with Gasteiger partial charge in [-0.15, -0.1) is 0 Å². The zero-order valence-corrected chi connectivity index (χ0v) is 12.7. The molecule has 3 unspecified atom stereocenters. The summed E-state index contributed by atoms with van der Waals surface area (Å²) in [5.41, 5.74) is 1.15. The van der Waals surface area contributed by atoms with Crippen molar-refractivity contribution >= 4 is 0 Å². The fourth-order valence-electron chi connectivity index (χ4n) is 3.89. The van der Waals surface area contributed by atoms with Crippen molar-refractivity contribution in [3.63, 3.8) is 0 Å². The largest absolute Gasteiger partial charge is 0.375 e. The molecule has 3 atom stereocenters. The average molecular weight is 298 g/mol. The molecule has 1 saturated carbocycles. The lowest BCUT2D eigenvalue weighted by atomic mass is 10.0. The standard InChI is InChI=1S/C17H22N4O/c1-2-6-19-15(3-1)12-21-9-10-22-17-14(4-5-16(17)21)11-20-8-7-18-13-20/h1-3,6-8,13-14,16-17H,4-5,9-12H2. The molecule has 1 aliphatic heterocycles. The Hall–Kier alpha value is -1.72. The minimum absolute atomic E-state index is 0.347. The molecule has 0 bridgehead atoms. The third-order valence-corrected chi connectivity index (χ3v) is 4.93. The van der Waals surface area contributed by atoms with Gasteiger partial charge in [-0.25, -0.2) is 4.98 Å². The number of morpholine rings is 1. The van der Waals surface area contributed by atoms with E-state index in [0.29, 0.717) is 18.1 Å². The van der Waals surface area contributed by atoms with Crippen LogP contribution in [0.15, 0.2) is 43.1 Å². The number of nitrogens with zero attached hydrogens (tertiary/aromatic N) is 4. The molecular weight excluding hydrogens is 276 g/mol. The van der Waals surface area contributed by atoms with E-state index in [0.717, 1.165) is 31.9 Å². The number of fused-ring (bicyclic) bond motifs is 1. The summed E-state index contributed by atoms with van der Waals surface area (Å²) in [5.74, 6) is 0.589. The van der Waals surface area contributed by atoms with Crippen molar-refractivity contribution in [1.82, 2.24) is 19.4 Å². The van der Waals surface area contributed by atoms with Crippen molar-refractivity contribution in [2.24, 2.45) is 5.92 Å². The predicted molar refractivity (Wildman–Crippen MR) is 83.1 cm³/mol. The Balaban J connectivity index is 1.44. The summed E-state index contributed by atoms with van der Waals surface area (Å²) in [7, 11) is 0.